The number of aliphatic carboxylic acids is 1. The van der Waals surface area contributed by atoms with Crippen LogP contribution in [0, 0.1) is 0 Å². The number of benzene rings is 1. The van der Waals surface area contributed by atoms with Crippen LogP contribution in [-0.4, -0.2) is 34.7 Å². The molecule has 0 bridgehead atoms. The Morgan fingerprint density at radius 3 is 2.29 bits per heavy atom. The van der Waals surface area contributed by atoms with E-state index in [2.05, 4.69) is 0 Å². The molecule has 0 radical (unpaired) electrons. The molecule has 0 amide bonds. The summed E-state index contributed by atoms with van der Waals surface area (Å²) in [6, 6.07) is 6.22. The van der Waals surface area contributed by atoms with Gasteiger partial charge in [0.25, 0.3) is 0 Å². The molecule has 0 aliphatic carbocycles. The van der Waals surface area contributed by atoms with Gasteiger partial charge in [-0.2, -0.15) is 0 Å². The summed E-state index contributed by atoms with van der Waals surface area (Å²) in [5, 5.41) is 17.0. The SMILES string of the molecule is NCCCC[C@H](N)C(=O)O.O=C(O)c1cccc[c]1[Hg][Cl]. The molecule has 0 saturated heterocycles. The molecule has 6 N–H and O–H groups in total. The molecule has 0 aliphatic heterocycles. The van der Waals surface area contributed by atoms with E-state index in [4.69, 9.17) is 29.9 Å². The molecule has 0 unspecified atom stereocenters. The second-order valence-corrected chi connectivity index (χ2v) is 10.7. The molecule has 0 saturated carbocycles. The average molecular weight is 503 g/mol. The minimum absolute atomic E-state index is 0.379. The Kier molecular flexibility index (Phi) is 11.5. The van der Waals surface area contributed by atoms with Gasteiger partial charge < -0.3 is 16.6 Å². The van der Waals surface area contributed by atoms with Gasteiger partial charge in [-0.3, -0.25) is 4.79 Å². The van der Waals surface area contributed by atoms with Gasteiger partial charge in [0.1, 0.15) is 6.04 Å². The third-order valence-corrected chi connectivity index (χ3v) is 8.72. The Hall–Kier alpha value is -0.695. The molecule has 0 spiro atoms. The summed E-state index contributed by atoms with van der Waals surface area (Å²) < 4.78 is 0.877. The van der Waals surface area contributed by atoms with Gasteiger partial charge in [-0.25, -0.2) is 0 Å². The molecule has 114 valence electrons. The van der Waals surface area contributed by atoms with Gasteiger partial charge in [-0.15, -0.1) is 0 Å². The number of hydrogen-bond acceptors (Lipinski definition) is 4. The Labute approximate surface area is 139 Å². The van der Waals surface area contributed by atoms with Crippen molar-refractivity contribution >= 4 is 23.3 Å². The van der Waals surface area contributed by atoms with Gasteiger partial charge in [0.05, 0.1) is 0 Å². The first-order valence-electron chi connectivity index (χ1n) is 6.49. The maximum atomic E-state index is 10.6. The predicted octanol–water partition coefficient (Wildman–Crippen LogP) is 0.774. The number of nitrogens with two attached hydrogens (primary N) is 2. The van der Waals surface area contributed by atoms with E-state index in [0.29, 0.717) is 18.5 Å². The Morgan fingerprint density at radius 1 is 1.24 bits per heavy atom. The summed E-state index contributed by atoms with van der Waals surface area (Å²) in [7, 11) is 5.74. The zero-order chi connectivity index (χ0) is 16.3. The van der Waals surface area contributed by atoms with E-state index in [1.54, 1.807) is 18.2 Å². The van der Waals surface area contributed by atoms with Crippen LogP contribution in [0.15, 0.2) is 24.3 Å². The van der Waals surface area contributed by atoms with Gasteiger partial charge in [-0.1, -0.05) is 6.42 Å². The fourth-order valence-electron chi connectivity index (χ4n) is 1.48. The topological polar surface area (TPSA) is 127 Å². The molecule has 8 heteroatoms. The maximum absolute atomic E-state index is 10.6. The number of halogens is 1. The van der Waals surface area contributed by atoms with Gasteiger partial charge in [0.2, 0.25) is 0 Å². The van der Waals surface area contributed by atoms with Crippen molar-refractivity contribution in [2.24, 2.45) is 11.5 Å². The molecule has 6 nitrogen and oxygen atoms in total. The number of carboxylic acid groups (broad SMARTS) is 2. The van der Waals surface area contributed by atoms with Crippen molar-refractivity contribution < 1.29 is 43.1 Å². The van der Waals surface area contributed by atoms with E-state index in [1.807, 2.05) is 6.07 Å². The van der Waals surface area contributed by atoms with Crippen LogP contribution in [0.4, 0.5) is 0 Å². The van der Waals surface area contributed by atoms with Gasteiger partial charge in [-0.05, 0) is 19.4 Å². The van der Waals surface area contributed by atoms with Crippen LogP contribution in [0.2, 0.25) is 0 Å². The van der Waals surface area contributed by atoms with Crippen molar-refractivity contribution in [2.75, 3.05) is 6.54 Å². The zero-order valence-corrected chi connectivity index (χ0v) is 17.9. The second kappa shape index (κ2) is 11.9. The van der Waals surface area contributed by atoms with Gasteiger partial charge >= 0.3 is 86.3 Å². The molecule has 0 heterocycles. The molecular weight excluding hydrogens is 484 g/mol. The second-order valence-electron chi connectivity index (χ2n) is 4.33. The first-order valence-corrected chi connectivity index (χ1v) is 16.0. The number of carbonyl (C=O) groups is 2. The summed E-state index contributed by atoms with van der Waals surface area (Å²) in [5.41, 5.74) is 10.8. The number of unbranched alkanes of at least 4 members (excludes halogenated alkanes) is 1. The standard InChI is InChI=1S/C7H5O2.C6H14N2O2.ClH.Hg/c8-7(9)6-4-2-1-3-5-6;7-4-2-1-3-5(8)6(9)10;;/h1-4H,(H,8,9);5H,1-4,7-8H2,(H,9,10);1H;/q;;;+1/p-1/t;5-;;/m.0../s1. The van der Waals surface area contributed by atoms with E-state index in [1.165, 1.54) is 0 Å². The van der Waals surface area contributed by atoms with Crippen LogP contribution in [-0.2, 0) is 28.1 Å². The Bertz CT molecular complexity index is 460. The molecule has 1 rings (SSSR count). The van der Waals surface area contributed by atoms with E-state index in [0.717, 1.165) is 15.9 Å². The Balaban J connectivity index is 0.000000384. The molecule has 0 aliphatic rings. The van der Waals surface area contributed by atoms with E-state index < -0.39 is 41.3 Å². The van der Waals surface area contributed by atoms with Crippen LogP contribution in [0.5, 0.6) is 0 Å². The molecule has 1 aromatic carbocycles. The average Bonchev–Trinajstić information content (AvgIpc) is 2.47. The zero-order valence-electron chi connectivity index (χ0n) is 11.7. The van der Waals surface area contributed by atoms with Crippen LogP contribution in [0.25, 0.3) is 0 Å². The molecule has 1 atom stereocenters. The summed E-state index contributed by atoms with van der Waals surface area (Å²) in [4.78, 5) is 20.7. The first kappa shape index (κ1) is 20.3. The quantitative estimate of drug-likeness (QED) is 0.322. The number of aromatic carboxylic acids is 1. The fourth-order valence-corrected chi connectivity index (χ4v) is 6.00. The van der Waals surface area contributed by atoms with Gasteiger partial charge in [0.15, 0.2) is 0 Å². The molecular formula is C13H19ClHgN2O4. The molecule has 0 aromatic heterocycles. The van der Waals surface area contributed by atoms with Crippen LogP contribution >= 0.6 is 8.25 Å². The number of rotatable bonds is 7. The van der Waals surface area contributed by atoms with Gasteiger partial charge in [0, 0.05) is 0 Å². The van der Waals surface area contributed by atoms with E-state index in [-0.39, 0.29) is 0 Å². The van der Waals surface area contributed by atoms with E-state index in [9.17, 15) is 9.59 Å². The van der Waals surface area contributed by atoms with Crippen molar-refractivity contribution in [1.29, 1.82) is 0 Å². The molecule has 1 aromatic rings. The van der Waals surface area contributed by atoms with Crippen molar-refractivity contribution in [3.05, 3.63) is 29.8 Å². The molecule has 21 heavy (non-hydrogen) atoms. The minimum atomic E-state index is -1.57. The third-order valence-electron chi connectivity index (χ3n) is 2.68. The monoisotopic (exact) mass is 504 g/mol. The number of hydrogen-bond donors (Lipinski definition) is 4. The van der Waals surface area contributed by atoms with Crippen LogP contribution < -0.4 is 14.5 Å². The van der Waals surface area contributed by atoms with Crippen LogP contribution in [0.3, 0.4) is 0 Å². The predicted molar refractivity (Wildman–Crippen MR) is 77.4 cm³/mol. The van der Waals surface area contributed by atoms with Crippen molar-refractivity contribution in [1.82, 2.24) is 0 Å². The summed E-state index contributed by atoms with van der Waals surface area (Å²) >= 11 is -1.57. The fraction of sp³-hybridized carbons (Fsp3) is 0.385. The summed E-state index contributed by atoms with van der Waals surface area (Å²) in [5.74, 6) is -1.81. The summed E-state index contributed by atoms with van der Waals surface area (Å²) in [6.45, 7) is 0.604. The summed E-state index contributed by atoms with van der Waals surface area (Å²) in [6.07, 6.45) is 2.16. The molecule has 0 fully saturated rings. The normalized spacial score (nSPS) is 10.8. The van der Waals surface area contributed by atoms with E-state index >= 15 is 0 Å². The first-order chi connectivity index (χ1) is 9.93. The van der Waals surface area contributed by atoms with Crippen LogP contribution in [0.1, 0.15) is 29.6 Å². The number of carboxylic acids is 2. The van der Waals surface area contributed by atoms with Crippen molar-refractivity contribution in [3.63, 3.8) is 0 Å². The Morgan fingerprint density at radius 2 is 1.86 bits per heavy atom. The third kappa shape index (κ3) is 9.03. The van der Waals surface area contributed by atoms with Crippen molar-refractivity contribution in [2.45, 2.75) is 25.3 Å². The van der Waals surface area contributed by atoms with Crippen molar-refractivity contribution in [3.8, 4) is 0 Å².